The van der Waals surface area contributed by atoms with Crippen molar-refractivity contribution in [3.05, 3.63) is 75.0 Å². The van der Waals surface area contributed by atoms with Crippen molar-refractivity contribution in [3.63, 3.8) is 0 Å². The van der Waals surface area contributed by atoms with Gasteiger partial charge in [-0.25, -0.2) is 4.99 Å². The first kappa shape index (κ1) is 17.2. The van der Waals surface area contributed by atoms with Crippen LogP contribution in [0.1, 0.15) is 4.88 Å². The van der Waals surface area contributed by atoms with Crippen LogP contribution < -0.4 is 5.32 Å². The van der Waals surface area contributed by atoms with Crippen molar-refractivity contribution in [2.24, 2.45) is 4.99 Å². The summed E-state index contributed by atoms with van der Waals surface area (Å²) >= 11 is 6.41. The summed E-state index contributed by atoms with van der Waals surface area (Å²) in [5.41, 5.74) is 1.71. The summed E-state index contributed by atoms with van der Waals surface area (Å²) in [5, 5.41) is 3.39. The van der Waals surface area contributed by atoms with E-state index in [1.54, 1.807) is 17.5 Å². The van der Waals surface area contributed by atoms with Gasteiger partial charge in [0.2, 0.25) is 0 Å². The lowest BCUT2D eigenvalue weighted by Crippen LogP contribution is -2.19. The van der Waals surface area contributed by atoms with Gasteiger partial charge in [-0.15, -0.1) is 11.3 Å². The van der Waals surface area contributed by atoms with Crippen molar-refractivity contribution >= 4 is 61.9 Å². The Balaban J connectivity index is 1.56. The van der Waals surface area contributed by atoms with Crippen LogP contribution in [0.25, 0.3) is 16.6 Å². The number of thiophene rings is 1. The molecule has 0 spiro atoms. The van der Waals surface area contributed by atoms with Crippen LogP contribution in [0.5, 0.6) is 0 Å². The second kappa shape index (κ2) is 7.57. The Bertz CT molecular complexity index is 1030. The van der Waals surface area contributed by atoms with Crippen molar-refractivity contribution in [2.45, 2.75) is 0 Å². The van der Waals surface area contributed by atoms with Gasteiger partial charge in [-0.3, -0.25) is 9.78 Å². The monoisotopic (exact) mass is 441 g/mol. The van der Waals surface area contributed by atoms with Gasteiger partial charge in [0.25, 0.3) is 5.91 Å². The van der Waals surface area contributed by atoms with E-state index >= 15 is 0 Å². The summed E-state index contributed by atoms with van der Waals surface area (Å²) in [6.07, 6.45) is 3.66. The van der Waals surface area contributed by atoms with Crippen LogP contribution in [0.3, 0.4) is 0 Å². The van der Waals surface area contributed by atoms with Crippen molar-refractivity contribution < 1.29 is 4.79 Å². The topological polar surface area (TPSA) is 54.4 Å². The molecule has 0 radical (unpaired) electrons. The zero-order valence-corrected chi connectivity index (χ0v) is 16.6. The van der Waals surface area contributed by atoms with Gasteiger partial charge in [0.05, 0.1) is 21.2 Å². The SMILES string of the molecule is O=C1NC(=Nc2ccccc2Br)SC1=Cc1ccc(-c2ccccn2)s1. The van der Waals surface area contributed by atoms with E-state index < -0.39 is 0 Å². The van der Waals surface area contributed by atoms with Crippen LogP contribution in [0.4, 0.5) is 5.69 Å². The number of pyridine rings is 1. The highest BCUT2D eigenvalue weighted by Crippen LogP contribution is 2.33. The summed E-state index contributed by atoms with van der Waals surface area (Å²) in [5.74, 6) is -0.131. The first-order chi connectivity index (χ1) is 12.7. The van der Waals surface area contributed by atoms with Crippen LogP contribution in [0.2, 0.25) is 0 Å². The van der Waals surface area contributed by atoms with E-state index in [2.05, 4.69) is 31.2 Å². The molecule has 0 unspecified atom stereocenters. The lowest BCUT2D eigenvalue weighted by molar-refractivity contribution is -0.115. The number of hydrogen-bond acceptors (Lipinski definition) is 5. The molecule has 0 atom stereocenters. The predicted octanol–water partition coefficient (Wildman–Crippen LogP) is 5.46. The van der Waals surface area contributed by atoms with Crippen LogP contribution in [-0.4, -0.2) is 16.1 Å². The van der Waals surface area contributed by atoms with Gasteiger partial charge < -0.3 is 5.32 Å². The number of rotatable bonds is 3. The number of halogens is 1. The molecule has 0 aliphatic carbocycles. The van der Waals surface area contributed by atoms with E-state index in [0.717, 1.165) is 25.6 Å². The van der Waals surface area contributed by atoms with Crippen LogP contribution in [0, 0.1) is 0 Å². The highest BCUT2D eigenvalue weighted by molar-refractivity contribution is 9.10. The summed E-state index contributed by atoms with van der Waals surface area (Å²) in [6.45, 7) is 0. The number of aliphatic imine (C=N–C) groups is 1. The summed E-state index contributed by atoms with van der Waals surface area (Å²) < 4.78 is 0.887. The molecule has 1 aliphatic rings. The maximum absolute atomic E-state index is 12.2. The zero-order chi connectivity index (χ0) is 17.9. The van der Waals surface area contributed by atoms with E-state index in [1.165, 1.54) is 11.8 Å². The van der Waals surface area contributed by atoms with Gasteiger partial charge in [0.15, 0.2) is 5.17 Å². The number of nitrogens with one attached hydrogen (secondary N) is 1. The van der Waals surface area contributed by atoms with E-state index in [0.29, 0.717) is 10.1 Å². The molecule has 128 valence electrons. The maximum Gasteiger partial charge on any atom is 0.264 e. The molecule has 3 heterocycles. The number of thioether (sulfide) groups is 1. The summed E-state index contributed by atoms with van der Waals surface area (Å²) in [7, 11) is 0. The Morgan fingerprint density at radius 3 is 2.73 bits per heavy atom. The fraction of sp³-hybridized carbons (Fsp3) is 0. The molecule has 0 bridgehead atoms. The number of aromatic nitrogens is 1. The van der Waals surface area contributed by atoms with Crippen molar-refractivity contribution in [1.82, 2.24) is 10.3 Å². The number of amides is 1. The molecule has 1 aliphatic heterocycles. The van der Waals surface area contributed by atoms with E-state index in [1.807, 2.05) is 60.7 Å². The quantitative estimate of drug-likeness (QED) is 0.548. The Morgan fingerprint density at radius 1 is 1.08 bits per heavy atom. The molecular weight excluding hydrogens is 430 g/mol. The molecule has 1 saturated heterocycles. The third kappa shape index (κ3) is 3.80. The minimum atomic E-state index is -0.131. The molecule has 0 saturated carbocycles. The highest BCUT2D eigenvalue weighted by Gasteiger charge is 2.24. The largest absolute Gasteiger partial charge is 0.300 e. The number of carbonyl (C=O) groups is 1. The zero-order valence-electron chi connectivity index (χ0n) is 13.3. The molecular formula is C19H12BrN3OS2. The standard InChI is InChI=1S/C19H12BrN3OS2/c20-13-5-1-2-6-14(13)22-19-23-18(24)17(26-19)11-12-8-9-16(25-12)15-7-3-4-10-21-15/h1-11H,(H,22,23,24). The Morgan fingerprint density at radius 2 is 1.92 bits per heavy atom. The molecule has 7 heteroatoms. The smallest absolute Gasteiger partial charge is 0.264 e. The average molecular weight is 442 g/mol. The van der Waals surface area contributed by atoms with Crippen LogP contribution >= 0.6 is 39.0 Å². The van der Waals surface area contributed by atoms with Crippen molar-refractivity contribution in [1.29, 1.82) is 0 Å². The van der Waals surface area contributed by atoms with Gasteiger partial charge in [-0.2, -0.15) is 0 Å². The lowest BCUT2D eigenvalue weighted by atomic mass is 10.3. The van der Waals surface area contributed by atoms with Gasteiger partial charge in [0, 0.05) is 15.5 Å². The molecule has 1 amide bonds. The number of benzene rings is 1. The van der Waals surface area contributed by atoms with E-state index in [9.17, 15) is 4.79 Å². The molecule has 4 nitrogen and oxygen atoms in total. The highest BCUT2D eigenvalue weighted by atomic mass is 79.9. The maximum atomic E-state index is 12.2. The molecule has 3 aromatic rings. The Kier molecular flexibility index (Phi) is 5.01. The van der Waals surface area contributed by atoms with Crippen LogP contribution in [0.15, 0.2) is 75.2 Å². The number of carbonyl (C=O) groups excluding carboxylic acids is 1. The number of nitrogens with zero attached hydrogens (tertiary/aromatic N) is 2. The number of hydrogen-bond donors (Lipinski definition) is 1. The van der Waals surface area contributed by atoms with E-state index in [-0.39, 0.29) is 5.91 Å². The first-order valence-electron chi connectivity index (χ1n) is 7.74. The average Bonchev–Trinajstić information content (AvgIpc) is 3.25. The minimum Gasteiger partial charge on any atom is -0.300 e. The van der Waals surface area contributed by atoms with Gasteiger partial charge in [-0.05, 0) is 70.2 Å². The molecule has 1 aromatic carbocycles. The van der Waals surface area contributed by atoms with Crippen LogP contribution in [-0.2, 0) is 4.79 Å². The molecule has 26 heavy (non-hydrogen) atoms. The summed E-state index contributed by atoms with van der Waals surface area (Å²) in [6, 6.07) is 17.5. The van der Waals surface area contributed by atoms with Crippen molar-refractivity contribution in [3.8, 4) is 10.6 Å². The number of amidine groups is 1. The van der Waals surface area contributed by atoms with Gasteiger partial charge in [-0.1, -0.05) is 18.2 Å². The second-order valence-corrected chi connectivity index (χ2v) is 8.35. The fourth-order valence-corrected chi connectivity index (χ4v) is 4.54. The molecule has 2 aromatic heterocycles. The molecule has 1 N–H and O–H groups in total. The normalized spacial score (nSPS) is 17.0. The Labute approximate surface area is 167 Å². The Hall–Kier alpha value is -2.22. The minimum absolute atomic E-state index is 0.131. The van der Waals surface area contributed by atoms with Gasteiger partial charge in [0.1, 0.15) is 0 Å². The summed E-state index contributed by atoms with van der Waals surface area (Å²) in [4.78, 5) is 23.8. The van der Waals surface area contributed by atoms with Gasteiger partial charge >= 0.3 is 0 Å². The molecule has 4 rings (SSSR count). The lowest BCUT2D eigenvalue weighted by Gasteiger charge is -1.98. The predicted molar refractivity (Wildman–Crippen MR) is 112 cm³/mol. The number of para-hydroxylation sites is 1. The molecule has 1 fully saturated rings. The van der Waals surface area contributed by atoms with Crippen molar-refractivity contribution in [2.75, 3.05) is 0 Å². The first-order valence-corrected chi connectivity index (χ1v) is 10.2. The van der Waals surface area contributed by atoms with E-state index in [4.69, 9.17) is 0 Å². The third-order valence-electron chi connectivity index (χ3n) is 3.54. The third-order valence-corrected chi connectivity index (χ3v) is 6.18. The second-order valence-electron chi connectivity index (χ2n) is 5.35. The fourth-order valence-electron chi connectivity index (χ4n) is 2.34.